The second-order valence-corrected chi connectivity index (χ2v) is 5.53. The van der Waals surface area contributed by atoms with Crippen molar-refractivity contribution < 1.29 is 0 Å². The summed E-state index contributed by atoms with van der Waals surface area (Å²) >= 11 is 5.90. The van der Waals surface area contributed by atoms with Gasteiger partial charge < -0.3 is 5.32 Å². The first-order valence-electron chi connectivity index (χ1n) is 7.16. The molecule has 0 aliphatic heterocycles. The third-order valence-corrected chi connectivity index (χ3v) is 3.88. The minimum atomic E-state index is 0.401. The molecule has 0 aliphatic rings. The number of rotatable bonds is 8. The van der Waals surface area contributed by atoms with E-state index in [0.717, 1.165) is 17.5 Å². The maximum absolute atomic E-state index is 5.90. The average molecular weight is 268 g/mol. The summed E-state index contributed by atoms with van der Waals surface area (Å²) < 4.78 is 0. The standard InChI is InChI=1S/C16H26ClN/c1-4-6-7-14(5-2)12-18-13(3)15-8-10-16(17)11-9-15/h8-11,13-14,18H,4-7,12H2,1-3H3/t13-,14?/m1/s1. The van der Waals surface area contributed by atoms with Gasteiger partial charge >= 0.3 is 0 Å². The first-order valence-corrected chi connectivity index (χ1v) is 7.54. The fraction of sp³-hybridized carbons (Fsp3) is 0.625. The minimum absolute atomic E-state index is 0.401. The van der Waals surface area contributed by atoms with Crippen LogP contribution in [-0.4, -0.2) is 6.54 Å². The number of benzene rings is 1. The second kappa shape index (κ2) is 8.55. The Hall–Kier alpha value is -0.530. The van der Waals surface area contributed by atoms with Crippen molar-refractivity contribution in [2.24, 2.45) is 5.92 Å². The quantitative estimate of drug-likeness (QED) is 0.682. The summed E-state index contributed by atoms with van der Waals surface area (Å²) in [6.45, 7) is 7.88. The van der Waals surface area contributed by atoms with E-state index in [4.69, 9.17) is 11.6 Å². The zero-order valence-corrected chi connectivity index (χ0v) is 12.6. The molecular weight excluding hydrogens is 242 g/mol. The predicted octanol–water partition coefficient (Wildman–Crippen LogP) is 5.21. The summed E-state index contributed by atoms with van der Waals surface area (Å²) in [5.74, 6) is 0.805. The minimum Gasteiger partial charge on any atom is -0.310 e. The maximum Gasteiger partial charge on any atom is 0.0406 e. The Morgan fingerprint density at radius 3 is 2.39 bits per heavy atom. The molecule has 1 N–H and O–H groups in total. The van der Waals surface area contributed by atoms with Crippen LogP contribution in [0.2, 0.25) is 5.02 Å². The monoisotopic (exact) mass is 267 g/mol. The summed E-state index contributed by atoms with van der Waals surface area (Å²) in [7, 11) is 0. The van der Waals surface area contributed by atoms with Crippen molar-refractivity contribution in [1.29, 1.82) is 0 Å². The van der Waals surface area contributed by atoms with Crippen molar-refractivity contribution in [2.75, 3.05) is 6.54 Å². The largest absolute Gasteiger partial charge is 0.310 e. The van der Waals surface area contributed by atoms with Gasteiger partial charge in [0, 0.05) is 11.1 Å². The van der Waals surface area contributed by atoms with Gasteiger partial charge in [-0.1, -0.05) is 56.8 Å². The Bertz CT molecular complexity index is 320. The smallest absolute Gasteiger partial charge is 0.0406 e. The van der Waals surface area contributed by atoms with Crippen molar-refractivity contribution in [3.63, 3.8) is 0 Å². The van der Waals surface area contributed by atoms with Gasteiger partial charge in [-0.2, -0.15) is 0 Å². The molecule has 0 bridgehead atoms. The molecule has 0 aromatic heterocycles. The van der Waals surface area contributed by atoms with Gasteiger partial charge in [-0.05, 0) is 43.5 Å². The lowest BCUT2D eigenvalue weighted by molar-refractivity contribution is 0.398. The molecular formula is C16H26ClN. The normalized spacial score (nSPS) is 14.4. The third kappa shape index (κ3) is 5.41. The van der Waals surface area contributed by atoms with Crippen LogP contribution in [0, 0.1) is 5.92 Å². The van der Waals surface area contributed by atoms with E-state index in [9.17, 15) is 0 Å². The van der Waals surface area contributed by atoms with Crippen LogP contribution >= 0.6 is 11.6 Å². The van der Waals surface area contributed by atoms with Crippen molar-refractivity contribution in [3.8, 4) is 0 Å². The van der Waals surface area contributed by atoms with Gasteiger partial charge in [0.05, 0.1) is 0 Å². The molecule has 1 unspecified atom stereocenters. The van der Waals surface area contributed by atoms with Crippen LogP contribution in [0.5, 0.6) is 0 Å². The predicted molar refractivity (Wildman–Crippen MR) is 81.2 cm³/mol. The number of hydrogen-bond acceptors (Lipinski definition) is 1. The van der Waals surface area contributed by atoms with Gasteiger partial charge in [0.25, 0.3) is 0 Å². The van der Waals surface area contributed by atoms with E-state index in [1.807, 2.05) is 12.1 Å². The molecule has 0 fully saturated rings. The lowest BCUT2D eigenvalue weighted by Crippen LogP contribution is -2.25. The van der Waals surface area contributed by atoms with Gasteiger partial charge in [0.2, 0.25) is 0 Å². The van der Waals surface area contributed by atoms with Gasteiger partial charge in [0.15, 0.2) is 0 Å². The van der Waals surface area contributed by atoms with Crippen LogP contribution < -0.4 is 5.32 Å². The number of halogens is 1. The van der Waals surface area contributed by atoms with E-state index in [-0.39, 0.29) is 0 Å². The van der Waals surface area contributed by atoms with Crippen molar-refractivity contribution in [1.82, 2.24) is 5.32 Å². The van der Waals surface area contributed by atoms with E-state index in [2.05, 4.69) is 38.2 Å². The Labute approximate surface area is 117 Å². The highest BCUT2D eigenvalue weighted by molar-refractivity contribution is 6.30. The lowest BCUT2D eigenvalue weighted by atomic mass is 9.98. The van der Waals surface area contributed by atoms with Gasteiger partial charge in [0.1, 0.15) is 0 Å². The Kier molecular flexibility index (Phi) is 7.38. The molecule has 102 valence electrons. The first-order chi connectivity index (χ1) is 8.67. The number of hydrogen-bond donors (Lipinski definition) is 1. The molecule has 0 saturated carbocycles. The molecule has 2 heteroatoms. The van der Waals surface area contributed by atoms with Gasteiger partial charge in [-0.3, -0.25) is 0 Å². The summed E-state index contributed by atoms with van der Waals surface area (Å²) in [4.78, 5) is 0. The summed E-state index contributed by atoms with van der Waals surface area (Å²) in [5.41, 5.74) is 1.31. The van der Waals surface area contributed by atoms with Crippen LogP contribution in [0.1, 0.15) is 58.1 Å². The van der Waals surface area contributed by atoms with Crippen molar-refractivity contribution in [3.05, 3.63) is 34.9 Å². The van der Waals surface area contributed by atoms with Crippen molar-refractivity contribution >= 4 is 11.6 Å². The van der Waals surface area contributed by atoms with E-state index < -0.39 is 0 Å². The lowest BCUT2D eigenvalue weighted by Gasteiger charge is -2.20. The molecule has 2 atom stereocenters. The molecule has 0 aliphatic carbocycles. The van der Waals surface area contributed by atoms with Crippen LogP contribution in [0.4, 0.5) is 0 Å². The molecule has 0 spiro atoms. The highest BCUT2D eigenvalue weighted by Gasteiger charge is 2.09. The van der Waals surface area contributed by atoms with E-state index >= 15 is 0 Å². The topological polar surface area (TPSA) is 12.0 Å². The fourth-order valence-electron chi connectivity index (χ4n) is 2.16. The fourth-order valence-corrected chi connectivity index (χ4v) is 2.28. The Morgan fingerprint density at radius 1 is 1.17 bits per heavy atom. The zero-order valence-electron chi connectivity index (χ0n) is 11.9. The molecule has 0 saturated heterocycles. The van der Waals surface area contributed by atoms with E-state index in [1.165, 1.54) is 31.2 Å². The van der Waals surface area contributed by atoms with Gasteiger partial charge in [-0.15, -0.1) is 0 Å². The average Bonchev–Trinajstić information content (AvgIpc) is 2.39. The molecule has 1 rings (SSSR count). The van der Waals surface area contributed by atoms with Crippen LogP contribution in [0.25, 0.3) is 0 Å². The Morgan fingerprint density at radius 2 is 1.83 bits per heavy atom. The highest BCUT2D eigenvalue weighted by atomic mass is 35.5. The number of nitrogens with one attached hydrogen (secondary N) is 1. The maximum atomic E-state index is 5.90. The summed E-state index contributed by atoms with van der Waals surface area (Å²) in [5, 5.41) is 4.44. The molecule has 1 aromatic carbocycles. The SMILES string of the molecule is CCCCC(CC)CN[C@H](C)c1ccc(Cl)cc1. The highest BCUT2D eigenvalue weighted by Crippen LogP contribution is 2.17. The molecule has 1 aromatic rings. The van der Waals surface area contributed by atoms with E-state index in [0.29, 0.717) is 6.04 Å². The van der Waals surface area contributed by atoms with Crippen molar-refractivity contribution in [2.45, 2.75) is 52.5 Å². The first kappa shape index (κ1) is 15.5. The van der Waals surface area contributed by atoms with Crippen LogP contribution in [0.15, 0.2) is 24.3 Å². The Balaban J connectivity index is 2.39. The molecule has 0 heterocycles. The molecule has 0 radical (unpaired) electrons. The molecule has 0 amide bonds. The van der Waals surface area contributed by atoms with Crippen LogP contribution in [-0.2, 0) is 0 Å². The summed E-state index contributed by atoms with van der Waals surface area (Å²) in [6.07, 6.45) is 5.24. The third-order valence-electron chi connectivity index (χ3n) is 3.63. The second-order valence-electron chi connectivity index (χ2n) is 5.10. The van der Waals surface area contributed by atoms with Gasteiger partial charge in [-0.25, -0.2) is 0 Å². The molecule has 1 nitrogen and oxygen atoms in total. The number of unbranched alkanes of at least 4 members (excludes halogenated alkanes) is 1. The zero-order chi connectivity index (χ0) is 13.4. The van der Waals surface area contributed by atoms with Crippen LogP contribution in [0.3, 0.4) is 0 Å². The van der Waals surface area contributed by atoms with E-state index in [1.54, 1.807) is 0 Å². The molecule has 18 heavy (non-hydrogen) atoms. The summed E-state index contributed by atoms with van der Waals surface area (Å²) in [6, 6.07) is 8.53.